The van der Waals surface area contributed by atoms with Crippen molar-refractivity contribution in [3.8, 4) is 0 Å². The topological polar surface area (TPSA) is 42.7 Å². The SMILES string of the molecule is CCCNC(Cn1nc(C)nc1C)c1ccc(C)c(C)c1. The fraction of sp³-hybridized carbons (Fsp3) is 0.529. The van der Waals surface area contributed by atoms with Crippen LogP contribution in [0.15, 0.2) is 18.2 Å². The van der Waals surface area contributed by atoms with Crippen LogP contribution in [0, 0.1) is 27.7 Å². The third kappa shape index (κ3) is 3.91. The Kier molecular flexibility index (Phi) is 5.12. The van der Waals surface area contributed by atoms with Crippen molar-refractivity contribution < 1.29 is 0 Å². The van der Waals surface area contributed by atoms with Crippen molar-refractivity contribution in [2.75, 3.05) is 6.54 Å². The van der Waals surface area contributed by atoms with E-state index in [0.29, 0.717) is 0 Å². The van der Waals surface area contributed by atoms with Gasteiger partial charge in [-0.2, -0.15) is 5.10 Å². The van der Waals surface area contributed by atoms with Gasteiger partial charge in [-0.15, -0.1) is 0 Å². The standard InChI is InChI=1S/C17H26N4/c1-6-9-18-17(11-21-15(5)19-14(4)20-21)16-8-7-12(2)13(3)10-16/h7-8,10,17-18H,6,9,11H2,1-5H3. The summed E-state index contributed by atoms with van der Waals surface area (Å²) in [5.74, 6) is 1.81. The van der Waals surface area contributed by atoms with Crippen LogP contribution in [-0.4, -0.2) is 21.3 Å². The number of benzene rings is 1. The van der Waals surface area contributed by atoms with Crippen molar-refractivity contribution in [2.45, 2.75) is 53.6 Å². The van der Waals surface area contributed by atoms with Crippen molar-refractivity contribution in [1.82, 2.24) is 20.1 Å². The third-order valence-corrected chi connectivity index (χ3v) is 3.89. The lowest BCUT2D eigenvalue weighted by Crippen LogP contribution is -2.27. The molecule has 2 aromatic rings. The fourth-order valence-corrected chi connectivity index (χ4v) is 2.49. The van der Waals surface area contributed by atoms with Crippen LogP contribution in [0.25, 0.3) is 0 Å². The number of hydrogen-bond acceptors (Lipinski definition) is 3. The molecule has 1 atom stereocenters. The maximum absolute atomic E-state index is 4.49. The molecule has 0 aliphatic carbocycles. The van der Waals surface area contributed by atoms with Crippen molar-refractivity contribution in [2.24, 2.45) is 0 Å². The molecular formula is C17H26N4. The fourth-order valence-electron chi connectivity index (χ4n) is 2.49. The van der Waals surface area contributed by atoms with Gasteiger partial charge in [0, 0.05) is 0 Å². The number of nitrogens with one attached hydrogen (secondary N) is 1. The molecule has 0 amide bonds. The second-order valence-corrected chi connectivity index (χ2v) is 5.74. The molecule has 0 saturated heterocycles. The molecule has 21 heavy (non-hydrogen) atoms. The summed E-state index contributed by atoms with van der Waals surface area (Å²) in [5.41, 5.74) is 3.99. The van der Waals surface area contributed by atoms with E-state index < -0.39 is 0 Å². The first-order valence-corrected chi connectivity index (χ1v) is 7.69. The first kappa shape index (κ1) is 15.7. The summed E-state index contributed by atoms with van der Waals surface area (Å²) in [7, 11) is 0. The van der Waals surface area contributed by atoms with Gasteiger partial charge in [-0.25, -0.2) is 9.67 Å². The monoisotopic (exact) mass is 286 g/mol. The molecule has 1 aromatic carbocycles. The average molecular weight is 286 g/mol. The first-order valence-electron chi connectivity index (χ1n) is 7.69. The van der Waals surface area contributed by atoms with Crippen molar-refractivity contribution in [3.05, 3.63) is 46.5 Å². The Balaban J connectivity index is 2.24. The predicted octanol–water partition coefficient (Wildman–Crippen LogP) is 3.25. The molecule has 4 heteroatoms. The molecule has 0 fully saturated rings. The number of aromatic nitrogens is 3. The summed E-state index contributed by atoms with van der Waals surface area (Å²) in [5, 5.41) is 8.12. The minimum atomic E-state index is 0.268. The van der Waals surface area contributed by atoms with E-state index >= 15 is 0 Å². The summed E-state index contributed by atoms with van der Waals surface area (Å²) in [6.07, 6.45) is 1.12. The molecule has 1 unspecified atom stereocenters. The van der Waals surface area contributed by atoms with E-state index in [1.54, 1.807) is 0 Å². The van der Waals surface area contributed by atoms with E-state index in [0.717, 1.165) is 31.2 Å². The zero-order chi connectivity index (χ0) is 15.4. The van der Waals surface area contributed by atoms with Crippen LogP contribution in [0.1, 0.15) is 47.7 Å². The van der Waals surface area contributed by atoms with Gasteiger partial charge in [0.25, 0.3) is 0 Å². The normalized spacial score (nSPS) is 12.6. The van der Waals surface area contributed by atoms with E-state index in [1.165, 1.54) is 16.7 Å². The van der Waals surface area contributed by atoms with E-state index in [9.17, 15) is 0 Å². The molecule has 1 N–H and O–H groups in total. The molecule has 1 heterocycles. The Hall–Kier alpha value is -1.68. The molecule has 0 bridgehead atoms. The first-order chi connectivity index (χ1) is 10.0. The highest BCUT2D eigenvalue weighted by molar-refractivity contribution is 5.31. The summed E-state index contributed by atoms with van der Waals surface area (Å²) < 4.78 is 2.00. The van der Waals surface area contributed by atoms with Crippen LogP contribution in [0.2, 0.25) is 0 Å². The van der Waals surface area contributed by atoms with Gasteiger partial charge in [0.15, 0.2) is 0 Å². The molecule has 2 rings (SSSR count). The van der Waals surface area contributed by atoms with Crippen LogP contribution in [0.5, 0.6) is 0 Å². The smallest absolute Gasteiger partial charge is 0.147 e. The lowest BCUT2D eigenvalue weighted by molar-refractivity contribution is 0.431. The highest BCUT2D eigenvalue weighted by Gasteiger charge is 2.14. The second kappa shape index (κ2) is 6.85. The van der Waals surface area contributed by atoms with Crippen molar-refractivity contribution >= 4 is 0 Å². The molecule has 0 aliphatic heterocycles. The number of hydrogen-bond donors (Lipinski definition) is 1. The van der Waals surface area contributed by atoms with Gasteiger partial charge in [0.2, 0.25) is 0 Å². The van der Waals surface area contributed by atoms with Gasteiger partial charge < -0.3 is 5.32 Å². The van der Waals surface area contributed by atoms with Gasteiger partial charge in [0.05, 0.1) is 12.6 Å². The van der Waals surface area contributed by atoms with Crippen LogP contribution < -0.4 is 5.32 Å². The highest BCUT2D eigenvalue weighted by atomic mass is 15.3. The Morgan fingerprint density at radius 1 is 1.14 bits per heavy atom. The van der Waals surface area contributed by atoms with E-state index in [4.69, 9.17) is 0 Å². The lowest BCUT2D eigenvalue weighted by Gasteiger charge is -2.20. The van der Waals surface area contributed by atoms with Crippen LogP contribution in [-0.2, 0) is 6.54 Å². The summed E-state index contributed by atoms with van der Waals surface area (Å²) in [6.45, 7) is 12.3. The highest BCUT2D eigenvalue weighted by Crippen LogP contribution is 2.19. The number of nitrogens with zero attached hydrogens (tertiary/aromatic N) is 3. The molecule has 114 valence electrons. The maximum Gasteiger partial charge on any atom is 0.147 e. The van der Waals surface area contributed by atoms with Crippen LogP contribution in [0.4, 0.5) is 0 Å². The molecule has 0 aliphatic rings. The lowest BCUT2D eigenvalue weighted by atomic mass is 10.0. The van der Waals surface area contributed by atoms with Gasteiger partial charge in [-0.05, 0) is 57.4 Å². The summed E-state index contributed by atoms with van der Waals surface area (Å²) in [4.78, 5) is 4.39. The Labute approximate surface area is 127 Å². The largest absolute Gasteiger partial charge is 0.308 e. The molecule has 1 aromatic heterocycles. The molecule has 4 nitrogen and oxygen atoms in total. The zero-order valence-corrected chi connectivity index (χ0v) is 13.8. The summed E-state index contributed by atoms with van der Waals surface area (Å²) in [6, 6.07) is 6.96. The third-order valence-electron chi connectivity index (χ3n) is 3.89. The van der Waals surface area contributed by atoms with Crippen LogP contribution >= 0.6 is 0 Å². The Morgan fingerprint density at radius 2 is 1.90 bits per heavy atom. The minimum absolute atomic E-state index is 0.268. The quantitative estimate of drug-likeness (QED) is 0.886. The molecular weight excluding hydrogens is 260 g/mol. The number of aryl methyl sites for hydroxylation is 4. The molecule has 0 spiro atoms. The van der Waals surface area contributed by atoms with E-state index in [2.05, 4.69) is 54.4 Å². The van der Waals surface area contributed by atoms with E-state index in [-0.39, 0.29) is 6.04 Å². The summed E-state index contributed by atoms with van der Waals surface area (Å²) >= 11 is 0. The zero-order valence-electron chi connectivity index (χ0n) is 13.8. The molecule has 0 saturated carbocycles. The Bertz CT molecular complexity index is 601. The predicted molar refractivity (Wildman–Crippen MR) is 86.4 cm³/mol. The molecule has 0 radical (unpaired) electrons. The van der Waals surface area contributed by atoms with Crippen molar-refractivity contribution in [3.63, 3.8) is 0 Å². The van der Waals surface area contributed by atoms with Crippen LogP contribution in [0.3, 0.4) is 0 Å². The van der Waals surface area contributed by atoms with Gasteiger partial charge in [0.1, 0.15) is 11.6 Å². The van der Waals surface area contributed by atoms with Crippen molar-refractivity contribution in [1.29, 1.82) is 0 Å². The van der Waals surface area contributed by atoms with E-state index in [1.807, 2.05) is 18.5 Å². The maximum atomic E-state index is 4.49. The Morgan fingerprint density at radius 3 is 2.48 bits per heavy atom. The average Bonchev–Trinajstić information content (AvgIpc) is 2.76. The minimum Gasteiger partial charge on any atom is -0.308 e. The van der Waals surface area contributed by atoms with Gasteiger partial charge in [-0.1, -0.05) is 25.1 Å². The second-order valence-electron chi connectivity index (χ2n) is 5.74. The number of rotatable bonds is 6. The van der Waals surface area contributed by atoms with Gasteiger partial charge >= 0.3 is 0 Å². The van der Waals surface area contributed by atoms with Gasteiger partial charge in [-0.3, -0.25) is 0 Å².